The van der Waals surface area contributed by atoms with Crippen LogP contribution in [0, 0.1) is 10.1 Å². The molecule has 0 radical (unpaired) electrons. The topological polar surface area (TPSA) is 72.2 Å². The van der Waals surface area contributed by atoms with E-state index < -0.39 is 4.92 Å². The van der Waals surface area contributed by atoms with Gasteiger partial charge in [0, 0.05) is 30.6 Å². The van der Waals surface area contributed by atoms with Gasteiger partial charge in [-0.1, -0.05) is 12.1 Å². The van der Waals surface area contributed by atoms with Crippen LogP contribution in [-0.2, 0) is 4.79 Å². The van der Waals surface area contributed by atoms with Gasteiger partial charge in [-0.2, -0.15) is 0 Å². The van der Waals surface area contributed by atoms with Crippen LogP contribution in [0.5, 0.6) is 0 Å². The molecule has 1 aromatic carbocycles. The first kappa shape index (κ1) is 14.2. The maximum Gasteiger partial charge on any atom is 0.270 e. The van der Waals surface area contributed by atoms with Crippen molar-refractivity contribution in [2.75, 3.05) is 12.4 Å². The molecule has 6 heteroatoms. The number of benzene rings is 1. The van der Waals surface area contributed by atoms with Gasteiger partial charge in [0.15, 0.2) is 0 Å². The van der Waals surface area contributed by atoms with Crippen LogP contribution in [0.2, 0.25) is 0 Å². The van der Waals surface area contributed by atoms with Crippen LogP contribution in [-0.4, -0.2) is 23.3 Å². The molecule has 0 heterocycles. The summed E-state index contributed by atoms with van der Waals surface area (Å²) in [5.41, 5.74) is 0.608. The monoisotopic (exact) mass is 268 g/mol. The SMILES string of the molecule is O=C(C=Cc1cccc([N+](=O)[O-])c1)NCCCCl. The molecular weight excluding hydrogens is 256 g/mol. The number of rotatable bonds is 6. The highest BCUT2D eigenvalue weighted by Gasteiger charge is 2.03. The maximum absolute atomic E-state index is 11.3. The first-order chi connectivity index (χ1) is 8.63. The molecule has 0 bridgehead atoms. The quantitative estimate of drug-likeness (QED) is 0.283. The lowest BCUT2D eigenvalue weighted by Gasteiger charge is -1.98. The molecule has 0 unspecified atom stereocenters. The second-order valence-corrected chi connectivity index (χ2v) is 3.90. The molecule has 1 N–H and O–H groups in total. The van der Waals surface area contributed by atoms with E-state index >= 15 is 0 Å². The van der Waals surface area contributed by atoms with Gasteiger partial charge in [0.25, 0.3) is 5.69 Å². The van der Waals surface area contributed by atoms with Gasteiger partial charge in [0.1, 0.15) is 0 Å². The number of halogens is 1. The standard InChI is InChI=1S/C12H13ClN2O3/c13-7-2-8-14-12(16)6-5-10-3-1-4-11(9-10)15(17)18/h1,3-6,9H,2,7-8H2,(H,14,16). The van der Waals surface area contributed by atoms with Crippen LogP contribution in [0.15, 0.2) is 30.3 Å². The first-order valence-electron chi connectivity index (χ1n) is 5.40. The highest BCUT2D eigenvalue weighted by Crippen LogP contribution is 2.13. The summed E-state index contributed by atoms with van der Waals surface area (Å²) >= 11 is 5.47. The molecule has 0 aliphatic carbocycles. The lowest BCUT2D eigenvalue weighted by atomic mass is 10.2. The van der Waals surface area contributed by atoms with Gasteiger partial charge in [-0.3, -0.25) is 14.9 Å². The third-order valence-corrected chi connectivity index (χ3v) is 2.39. The van der Waals surface area contributed by atoms with Crippen LogP contribution < -0.4 is 5.32 Å². The molecule has 5 nitrogen and oxygen atoms in total. The van der Waals surface area contributed by atoms with Crippen molar-refractivity contribution in [3.8, 4) is 0 Å². The molecule has 0 atom stereocenters. The molecule has 96 valence electrons. The highest BCUT2D eigenvalue weighted by atomic mass is 35.5. The van der Waals surface area contributed by atoms with Crippen LogP contribution in [0.1, 0.15) is 12.0 Å². The lowest BCUT2D eigenvalue weighted by Crippen LogP contribution is -2.22. The van der Waals surface area contributed by atoms with E-state index in [0.29, 0.717) is 24.4 Å². The van der Waals surface area contributed by atoms with Crippen molar-refractivity contribution >= 4 is 29.3 Å². The molecule has 0 aromatic heterocycles. The summed E-state index contributed by atoms with van der Waals surface area (Å²) in [5, 5.41) is 13.2. The summed E-state index contributed by atoms with van der Waals surface area (Å²) in [4.78, 5) is 21.4. The predicted molar refractivity (Wildman–Crippen MR) is 70.5 cm³/mol. The van der Waals surface area contributed by atoms with Gasteiger partial charge >= 0.3 is 0 Å². The summed E-state index contributed by atoms with van der Waals surface area (Å²) in [5.74, 6) is 0.251. The van der Waals surface area contributed by atoms with E-state index in [2.05, 4.69) is 5.32 Å². The van der Waals surface area contributed by atoms with Gasteiger partial charge in [0.2, 0.25) is 5.91 Å². The van der Waals surface area contributed by atoms with Crippen LogP contribution in [0.3, 0.4) is 0 Å². The first-order valence-corrected chi connectivity index (χ1v) is 5.93. The second-order valence-electron chi connectivity index (χ2n) is 3.52. The second kappa shape index (κ2) is 7.45. The maximum atomic E-state index is 11.3. The molecule has 0 aliphatic heterocycles. The number of amides is 1. The van der Waals surface area contributed by atoms with E-state index in [1.807, 2.05) is 0 Å². The Morgan fingerprint density at radius 2 is 2.28 bits per heavy atom. The molecule has 1 rings (SSSR count). The average molecular weight is 269 g/mol. The molecule has 0 saturated heterocycles. The van der Waals surface area contributed by atoms with Gasteiger partial charge < -0.3 is 5.32 Å². The Kier molecular flexibility index (Phi) is 5.87. The van der Waals surface area contributed by atoms with Crippen molar-refractivity contribution in [1.82, 2.24) is 5.32 Å². The molecule has 18 heavy (non-hydrogen) atoms. The van der Waals surface area contributed by atoms with Crippen molar-refractivity contribution < 1.29 is 9.72 Å². The minimum atomic E-state index is -0.474. The Hall–Kier alpha value is -1.88. The van der Waals surface area contributed by atoms with E-state index in [1.54, 1.807) is 12.1 Å². The summed E-state index contributed by atoms with van der Waals surface area (Å²) in [7, 11) is 0. The van der Waals surface area contributed by atoms with Crippen molar-refractivity contribution in [3.05, 3.63) is 46.0 Å². The number of hydrogen-bond acceptors (Lipinski definition) is 3. The zero-order valence-electron chi connectivity index (χ0n) is 9.64. The van der Waals surface area contributed by atoms with E-state index in [9.17, 15) is 14.9 Å². The summed E-state index contributed by atoms with van der Waals surface area (Å²) in [6.07, 6.45) is 3.58. The molecule has 0 saturated carbocycles. The number of carbonyl (C=O) groups is 1. The fourth-order valence-corrected chi connectivity index (χ4v) is 1.38. The lowest BCUT2D eigenvalue weighted by molar-refractivity contribution is -0.384. The number of alkyl halides is 1. The van der Waals surface area contributed by atoms with Crippen molar-refractivity contribution in [1.29, 1.82) is 0 Å². The zero-order chi connectivity index (χ0) is 13.4. The Morgan fingerprint density at radius 1 is 1.50 bits per heavy atom. The van der Waals surface area contributed by atoms with Gasteiger partial charge in [-0.15, -0.1) is 11.6 Å². The largest absolute Gasteiger partial charge is 0.353 e. The van der Waals surface area contributed by atoms with Crippen LogP contribution in [0.4, 0.5) is 5.69 Å². The highest BCUT2D eigenvalue weighted by molar-refractivity contribution is 6.17. The van der Waals surface area contributed by atoms with Gasteiger partial charge in [-0.05, 0) is 18.1 Å². The van der Waals surface area contributed by atoms with E-state index in [1.165, 1.54) is 24.3 Å². The molecule has 0 fully saturated rings. The fraction of sp³-hybridized carbons (Fsp3) is 0.250. The minimum Gasteiger partial charge on any atom is -0.353 e. The molecule has 0 spiro atoms. The normalized spacial score (nSPS) is 10.5. The van der Waals surface area contributed by atoms with Gasteiger partial charge in [0.05, 0.1) is 4.92 Å². The van der Waals surface area contributed by atoms with E-state index in [-0.39, 0.29) is 11.6 Å². The molecule has 0 aliphatic rings. The third kappa shape index (κ3) is 4.97. The third-order valence-electron chi connectivity index (χ3n) is 2.12. The number of non-ortho nitro benzene ring substituents is 1. The molecular formula is C12H13ClN2O3. The smallest absolute Gasteiger partial charge is 0.270 e. The van der Waals surface area contributed by atoms with Crippen molar-refractivity contribution in [2.45, 2.75) is 6.42 Å². The Balaban J connectivity index is 2.58. The van der Waals surface area contributed by atoms with E-state index in [4.69, 9.17) is 11.6 Å². The van der Waals surface area contributed by atoms with Crippen LogP contribution >= 0.6 is 11.6 Å². The summed E-state index contributed by atoms with van der Waals surface area (Å²) in [6.45, 7) is 0.515. The number of nitrogens with zero attached hydrogens (tertiary/aromatic N) is 1. The van der Waals surface area contributed by atoms with E-state index in [0.717, 1.165) is 0 Å². The zero-order valence-corrected chi connectivity index (χ0v) is 10.4. The average Bonchev–Trinajstić information content (AvgIpc) is 2.37. The van der Waals surface area contributed by atoms with Gasteiger partial charge in [-0.25, -0.2) is 0 Å². The van der Waals surface area contributed by atoms with Crippen molar-refractivity contribution in [2.24, 2.45) is 0 Å². The number of nitro benzene ring substituents is 1. The summed E-state index contributed by atoms with van der Waals surface area (Å²) < 4.78 is 0. The molecule has 1 amide bonds. The Labute approximate surface area is 110 Å². The molecule has 1 aromatic rings. The Bertz CT molecular complexity index is 460. The minimum absolute atomic E-state index is 0.000279. The number of nitro groups is 1. The van der Waals surface area contributed by atoms with Crippen LogP contribution in [0.25, 0.3) is 6.08 Å². The fourth-order valence-electron chi connectivity index (χ4n) is 1.25. The Morgan fingerprint density at radius 3 is 2.94 bits per heavy atom. The number of carbonyl (C=O) groups excluding carboxylic acids is 1. The number of hydrogen-bond donors (Lipinski definition) is 1. The summed E-state index contributed by atoms with van der Waals surface area (Å²) in [6, 6.07) is 6.07. The predicted octanol–water partition coefficient (Wildman–Crippen LogP) is 2.35. The number of nitrogens with one attached hydrogen (secondary N) is 1. The van der Waals surface area contributed by atoms with Crippen molar-refractivity contribution in [3.63, 3.8) is 0 Å².